The standard InChI is InChI=1S/C38H58N6O5Si2/c1-36(2)48-33-34(49-36)38(45,23-37(33,3)17-16-27-10-11-28-12-15-32(39)42-29(28)22-27)31-14-13-30-35(40-24-41-44(30)31)43(25-46-18-20-50(4,5)6)26-47-19-21-51(7,8)9/h10-15,22,24,33-34,45H,16-21,23,25-26H2,1-9H3,(H2,39,42)/t33-,34+,37-,38+/m0/s1. The van der Waals surface area contributed by atoms with Gasteiger partial charge in [0, 0.05) is 40.2 Å². The zero-order valence-electron chi connectivity index (χ0n) is 32.0. The fourth-order valence-electron chi connectivity index (χ4n) is 7.42. The van der Waals surface area contributed by atoms with Crippen LogP contribution in [0.25, 0.3) is 16.4 Å². The summed E-state index contributed by atoms with van der Waals surface area (Å²) in [5, 5.41) is 18.6. The van der Waals surface area contributed by atoms with E-state index in [1.54, 1.807) is 6.33 Å². The van der Waals surface area contributed by atoms with Gasteiger partial charge in [0.2, 0.25) is 0 Å². The first-order valence-corrected chi connectivity index (χ1v) is 25.7. The molecule has 0 spiro atoms. The molecule has 1 aromatic carbocycles. The minimum Gasteiger partial charge on any atom is -0.384 e. The molecular formula is C38H58N6O5Si2. The van der Waals surface area contributed by atoms with E-state index in [0.29, 0.717) is 50.4 Å². The van der Waals surface area contributed by atoms with Crippen LogP contribution in [0.4, 0.5) is 11.6 Å². The molecule has 11 nitrogen and oxygen atoms in total. The molecule has 4 aromatic rings. The van der Waals surface area contributed by atoms with Crippen molar-refractivity contribution < 1.29 is 24.1 Å². The maximum atomic E-state index is 12.8. The lowest BCUT2D eigenvalue weighted by atomic mass is 9.79. The Bertz CT molecular complexity index is 1820. The lowest BCUT2D eigenvalue weighted by Gasteiger charge is -2.33. The summed E-state index contributed by atoms with van der Waals surface area (Å²) in [6.07, 6.45) is 2.66. The lowest BCUT2D eigenvalue weighted by molar-refractivity contribution is -0.192. The van der Waals surface area contributed by atoms with Crippen molar-refractivity contribution in [3.63, 3.8) is 0 Å². The van der Waals surface area contributed by atoms with E-state index < -0.39 is 39.1 Å². The number of anilines is 2. The first-order valence-electron chi connectivity index (χ1n) is 18.3. The smallest absolute Gasteiger partial charge is 0.163 e. The third kappa shape index (κ3) is 8.50. The van der Waals surface area contributed by atoms with Crippen molar-refractivity contribution in [1.82, 2.24) is 19.6 Å². The van der Waals surface area contributed by atoms with E-state index in [4.69, 9.17) is 34.8 Å². The quantitative estimate of drug-likeness (QED) is 0.0746. The van der Waals surface area contributed by atoms with Crippen LogP contribution in [-0.2, 0) is 31.0 Å². The van der Waals surface area contributed by atoms with E-state index >= 15 is 0 Å². The average Bonchev–Trinajstić information content (AvgIpc) is 3.68. The van der Waals surface area contributed by atoms with Crippen molar-refractivity contribution in [2.75, 3.05) is 37.3 Å². The fourth-order valence-corrected chi connectivity index (χ4v) is 8.94. The van der Waals surface area contributed by atoms with Gasteiger partial charge in [0.25, 0.3) is 0 Å². The number of nitrogens with zero attached hydrogens (tertiary/aromatic N) is 5. The molecule has 2 fully saturated rings. The van der Waals surface area contributed by atoms with Crippen LogP contribution in [0.5, 0.6) is 0 Å². The van der Waals surface area contributed by atoms with Gasteiger partial charge in [-0.2, -0.15) is 5.10 Å². The first kappa shape index (κ1) is 37.8. The number of fused-ring (bicyclic) bond motifs is 3. The Morgan fingerprint density at radius 2 is 1.57 bits per heavy atom. The lowest BCUT2D eigenvalue weighted by Crippen LogP contribution is -2.40. The number of nitrogens with two attached hydrogens (primary N) is 1. The van der Waals surface area contributed by atoms with Crippen LogP contribution in [0.1, 0.15) is 44.9 Å². The molecule has 1 saturated heterocycles. The highest BCUT2D eigenvalue weighted by atomic mass is 28.3. The zero-order chi connectivity index (χ0) is 36.8. The third-order valence-electron chi connectivity index (χ3n) is 10.4. The van der Waals surface area contributed by atoms with Gasteiger partial charge in [-0.15, -0.1) is 0 Å². The van der Waals surface area contributed by atoms with Crippen LogP contribution >= 0.6 is 0 Å². The minimum absolute atomic E-state index is 0.324. The predicted molar refractivity (Wildman–Crippen MR) is 208 cm³/mol. The summed E-state index contributed by atoms with van der Waals surface area (Å²) in [5.74, 6) is 0.361. The SMILES string of the molecule is CC1(C)O[C@@H]2[C@H](O1)[C@@](C)(CCc1ccc3ccc(N)nc3c1)C[C@@]2(O)c1ccc2c(N(COCC[Si](C)(C)C)COCC[Si](C)(C)C)ncnn12. The van der Waals surface area contributed by atoms with Gasteiger partial charge in [0.05, 0.1) is 17.3 Å². The molecule has 0 radical (unpaired) electrons. The molecule has 6 rings (SSSR count). The van der Waals surface area contributed by atoms with Gasteiger partial charge < -0.3 is 34.7 Å². The van der Waals surface area contributed by atoms with Crippen molar-refractivity contribution in [2.45, 2.75) is 115 Å². The largest absolute Gasteiger partial charge is 0.384 e. The average molecular weight is 735 g/mol. The molecule has 1 aliphatic carbocycles. The molecule has 4 atom stereocenters. The van der Waals surface area contributed by atoms with E-state index in [0.717, 1.165) is 46.9 Å². The monoisotopic (exact) mass is 734 g/mol. The van der Waals surface area contributed by atoms with Gasteiger partial charge in [-0.05, 0) is 81.1 Å². The number of benzene rings is 1. The van der Waals surface area contributed by atoms with E-state index in [1.807, 2.05) is 47.5 Å². The van der Waals surface area contributed by atoms with Crippen molar-refractivity contribution in [2.24, 2.45) is 5.41 Å². The van der Waals surface area contributed by atoms with Gasteiger partial charge in [-0.1, -0.05) is 58.3 Å². The van der Waals surface area contributed by atoms with Crippen LogP contribution in [0, 0.1) is 5.41 Å². The number of ether oxygens (including phenoxy) is 4. The van der Waals surface area contributed by atoms with Gasteiger partial charge in [-0.3, -0.25) is 0 Å². The van der Waals surface area contributed by atoms with Crippen molar-refractivity contribution >= 4 is 44.2 Å². The maximum Gasteiger partial charge on any atom is 0.163 e. The summed E-state index contributed by atoms with van der Waals surface area (Å²) in [6, 6.07) is 16.3. The van der Waals surface area contributed by atoms with Gasteiger partial charge in [0.1, 0.15) is 42.8 Å². The number of aromatic nitrogens is 4. The van der Waals surface area contributed by atoms with Gasteiger partial charge >= 0.3 is 0 Å². The number of aryl methyl sites for hydroxylation is 1. The Morgan fingerprint density at radius 3 is 2.24 bits per heavy atom. The Labute approximate surface area is 304 Å². The van der Waals surface area contributed by atoms with Crippen LogP contribution in [0.15, 0.2) is 48.8 Å². The summed E-state index contributed by atoms with van der Waals surface area (Å²) < 4.78 is 27.4. The number of pyridine rings is 1. The van der Waals surface area contributed by atoms with E-state index in [-0.39, 0.29) is 6.10 Å². The maximum absolute atomic E-state index is 12.8. The van der Waals surface area contributed by atoms with Crippen molar-refractivity contribution in [3.05, 3.63) is 60.0 Å². The molecule has 0 amide bonds. The fraction of sp³-hybridized carbons (Fsp3) is 0.605. The molecule has 0 unspecified atom stereocenters. The van der Waals surface area contributed by atoms with Gasteiger partial charge in [-0.25, -0.2) is 14.5 Å². The van der Waals surface area contributed by atoms with Crippen molar-refractivity contribution in [1.29, 1.82) is 0 Å². The summed E-state index contributed by atoms with van der Waals surface area (Å²) in [4.78, 5) is 11.3. The van der Waals surface area contributed by atoms with E-state index in [2.05, 4.69) is 69.4 Å². The molecule has 1 aliphatic heterocycles. The molecule has 1 saturated carbocycles. The van der Waals surface area contributed by atoms with Crippen molar-refractivity contribution in [3.8, 4) is 0 Å². The van der Waals surface area contributed by atoms with Crippen LogP contribution < -0.4 is 10.6 Å². The predicted octanol–water partition coefficient (Wildman–Crippen LogP) is 7.04. The molecular weight excluding hydrogens is 677 g/mol. The molecule has 51 heavy (non-hydrogen) atoms. The Kier molecular flexibility index (Phi) is 10.5. The molecule has 4 heterocycles. The highest BCUT2D eigenvalue weighted by Crippen LogP contribution is 2.58. The second kappa shape index (κ2) is 14.1. The highest BCUT2D eigenvalue weighted by Gasteiger charge is 2.66. The summed E-state index contributed by atoms with van der Waals surface area (Å²) in [7, 11) is -2.51. The second-order valence-electron chi connectivity index (χ2n) is 17.8. The zero-order valence-corrected chi connectivity index (χ0v) is 34.0. The second-order valence-corrected chi connectivity index (χ2v) is 29.1. The van der Waals surface area contributed by atoms with E-state index in [9.17, 15) is 5.11 Å². The minimum atomic E-state index is -1.36. The Hall–Kier alpha value is -2.92. The van der Waals surface area contributed by atoms with Crippen LogP contribution in [-0.4, -0.2) is 85.5 Å². The number of nitrogen functional groups attached to an aromatic ring is 1. The Morgan fingerprint density at radius 1 is 0.922 bits per heavy atom. The number of aliphatic hydroxyl groups is 1. The molecule has 278 valence electrons. The Balaban J connectivity index is 1.28. The van der Waals surface area contributed by atoms with Crippen LogP contribution in [0.3, 0.4) is 0 Å². The van der Waals surface area contributed by atoms with Crippen LogP contribution in [0.2, 0.25) is 51.4 Å². The van der Waals surface area contributed by atoms with E-state index in [1.165, 1.54) is 0 Å². The number of hydrogen-bond donors (Lipinski definition) is 2. The normalized spacial score (nSPS) is 24.8. The summed E-state index contributed by atoms with van der Waals surface area (Å²) in [6.45, 7) is 22.2. The van der Waals surface area contributed by atoms with Gasteiger partial charge in [0.15, 0.2) is 11.6 Å². The molecule has 0 bridgehead atoms. The number of hydrogen-bond acceptors (Lipinski definition) is 10. The summed E-state index contributed by atoms with van der Waals surface area (Å²) in [5.41, 5.74) is 7.70. The molecule has 2 aliphatic rings. The topological polar surface area (TPSA) is 129 Å². The number of rotatable bonds is 15. The molecule has 13 heteroatoms. The molecule has 3 aromatic heterocycles. The summed E-state index contributed by atoms with van der Waals surface area (Å²) >= 11 is 0. The third-order valence-corrected chi connectivity index (χ3v) is 13.8. The first-order chi connectivity index (χ1) is 23.9. The highest BCUT2D eigenvalue weighted by molar-refractivity contribution is 6.76. The molecule has 3 N–H and O–H groups in total.